The number of hydrogen-bond donors (Lipinski definition) is 1. The lowest BCUT2D eigenvalue weighted by atomic mass is 10.1. The number of hydrogen-bond acceptors (Lipinski definition) is 3. The minimum atomic E-state index is -0.159. The van der Waals surface area contributed by atoms with Crippen molar-refractivity contribution < 1.29 is 14.3 Å². The molecule has 0 aromatic heterocycles. The molecule has 0 heterocycles. The Hall–Kier alpha value is -2.62. The molecule has 1 N–H and O–H groups in total. The van der Waals surface area contributed by atoms with Gasteiger partial charge in [0.2, 0.25) is 5.91 Å². The Kier molecular flexibility index (Phi) is 4.15. The summed E-state index contributed by atoms with van der Waals surface area (Å²) >= 11 is 0. The maximum Gasteiger partial charge on any atom is 0.221 e. The normalized spacial score (nSPS) is 9.90. The maximum absolute atomic E-state index is 11.2. The maximum atomic E-state index is 11.2. The van der Waals surface area contributed by atoms with E-state index in [9.17, 15) is 9.59 Å². The van der Waals surface area contributed by atoms with E-state index in [0.29, 0.717) is 22.7 Å². The van der Waals surface area contributed by atoms with Crippen LogP contribution in [0.2, 0.25) is 0 Å². The molecule has 1 amide bonds. The van der Waals surface area contributed by atoms with Crippen LogP contribution in [0, 0.1) is 0 Å². The van der Waals surface area contributed by atoms with Crippen LogP contribution in [-0.2, 0) is 4.79 Å². The minimum absolute atomic E-state index is 0.00944. The van der Waals surface area contributed by atoms with Crippen LogP contribution in [-0.4, -0.2) is 11.7 Å². The summed E-state index contributed by atoms with van der Waals surface area (Å²) in [6.07, 6.45) is 0. The van der Waals surface area contributed by atoms with Crippen molar-refractivity contribution in [2.45, 2.75) is 13.8 Å². The number of anilines is 1. The van der Waals surface area contributed by atoms with Gasteiger partial charge in [0.1, 0.15) is 5.75 Å². The van der Waals surface area contributed by atoms with Crippen molar-refractivity contribution in [3.63, 3.8) is 0 Å². The van der Waals surface area contributed by atoms with E-state index >= 15 is 0 Å². The fraction of sp³-hybridized carbons (Fsp3) is 0.125. The first-order chi connectivity index (χ1) is 9.56. The summed E-state index contributed by atoms with van der Waals surface area (Å²) in [5.74, 6) is 1.01. The Balaban J connectivity index is 2.21. The van der Waals surface area contributed by atoms with E-state index in [1.807, 2.05) is 12.1 Å². The molecular formula is C16H15NO3. The van der Waals surface area contributed by atoms with Crippen LogP contribution in [0.25, 0.3) is 0 Å². The van der Waals surface area contributed by atoms with Gasteiger partial charge in [0.15, 0.2) is 11.5 Å². The lowest BCUT2D eigenvalue weighted by molar-refractivity contribution is -0.114. The van der Waals surface area contributed by atoms with E-state index in [0.717, 1.165) is 0 Å². The Morgan fingerprint density at radius 1 is 0.950 bits per heavy atom. The largest absolute Gasteiger partial charge is 0.455 e. The molecular weight excluding hydrogens is 254 g/mol. The Morgan fingerprint density at radius 3 is 2.20 bits per heavy atom. The van der Waals surface area contributed by atoms with E-state index in [2.05, 4.69) is 5.32 Å². The summed E-state index contributed by atoms with van der Waals surface area (Å²) in [4.78, 5) is 22.3. The predicted molar refractivity (Wildman–Crippen MR) is 77.3 cm³/mol. The number of ketones is 1. The van der Waals surface area contributed by atoms with Crippen LogP contribution in [0.1, 0.15) is 24.2 Å². The number of rotatable bonds is 4. The van der Waals surface area contributed by atoms with Crippen molar-refractivity contribution >= 4 is 17.4 Å². The number of amides is 1. The third-order valence-corrected chi connectivity index (χ3v) is 2.69. The molecule has 0 saturated carbocycles. The monoisotopic (exact) mass is 269 g/mol. The van der Waals surface area contributed by atoms with Crippen molar-refractivity contribution in [2.24, 2.45) is 0 Å². The lowest BCUT2D eigenvalue weighted by Gasteiger charge is -2.11. The molecule has 0 bridgehead atoms. The minimum Gasteiger partial charge on any atom is -0.455 e. The Bertz CT molecular complexity index is 632. The van der Waals surface area contributed by atoms with Gasteiger partial charge in [0, 0.05) is 12.5 Å². The highest BCUT2D eigenvalue weighted by Gasteiger charge is 2.06. The first kappa shape index (κ1) is 13.8. The number of carbonyl (C=O) groups excluding carboxylic acids is 2. The highest BCUT2D eigenvalue weighted by Crippen LogP contribution is 2.29. The number of carbonyl (C=O) groups is 2. The van der Waals surface area contributed by atoms with Crippen molar-refractivity contribution in [3.8, 4) is 11.5 Å². The SMILES string of the molecule is CC(=O)Nc1ccccc1Oc1ccc(C(C)=O)cc1. The van der Waals surface area contributed by atoms with Gasteiger partial charge in [-0.15, -0.1) is 0 Å². The summed E-state index contributed by atoms with van der Waals surface area (Å²) in [7, 11) is 0. The molecule has 20 heavy (non-hydrogen) atoms. The first-order valence-electron chi connectivity index (χ1n) is 6.22. The molecule has 0 atom stereocenters. The second-order valence-electron chi connectivity index (χ2n) is 4.36. The zero-order chi connectivity index (χ0) is 14.5. The topological polar surface area (TPSA) is 55.4 Å². The molecule has 0 unspecified atom stereocenters. The second kappa shape index (κ2) is 6.02. The van der Waals surface area contributed by atoms with Crippen LogP contribution >= 0.6 is 0 Å². The van der Waals surface area contributed by atoms with Crippen LogP contribution in [0.4, 0.5) is 5.69 Å². The molecule has 2 aromatic carbocycles. The fourth-order valence-electron chi connectivity index (χ4n) is 1.73. The van der Waals surface area contributed by atoms with Crippen LogP contribution < -0.4 is 10.1 Å². The standard InChI is InChI=1S/C16H15NO3/c1-11(18)13-7-9-14(10-8-13)20-16-6-4-3-5-15(16)17-12(2)19/h3-10H,1-2H3,(H,17,19). The predicted octanol–water partition coefficient (Wildman–Crippen LogP) is 3.64. The summed E-state index contributed by atoms with van der Waals surface area (Å²) in [5.41, 5.74) is 1.24. The van der Waals surface area contributed by atoms with E-state index in [1.54, 1.807) is 36.4 Å². The van der Waals surface area contributed by atoms with Crippen molar-refractivity contribution in [2.75, 3.05) is 5.32 Å². The molecule has 4 heteroatoms. The molecule has 102 valence electrons. The molecule has 0 spiro atoms. The molecule has 0 saturated heterocycles. The molecule has 0 aliphatic rings. The van der Waals surface area contributed by atoms with Gasteiger partial charge >= 0.3 is 0 Å². The van der Waals surface area contributed by atoms with E-state index in [1.165, 1.54) is 13.8 Å². The Labute approximate surface area is 117 Å². The summed E-state index contributed by atoms with van der Waals surface area (Å²) in [6.45, 7) is 2.96. The van der Waals surface area contributed by atoms with Gasteiger partial charge < -0.3 is 10.1 Å². The van der Waals surface area contributed by atoms with E-state index < -0.39 is 0 Å². The third-order valence-electron chi connectivity index (χ3n) is 2.69. The van der Waals surface area contributed by atoms with Crippen molar-refractivity contribution in [1.82, 2.24) is 0 Å². The fourth-order valence-corrected chi connectivity index (χ4v) is 1.73. The molecule has 2 aromatic rings. The van der Waals surface area contributed by atoms with E-state index in [-0.39, 0.29) is 11.7 Å². The van der Waals surface area contributed by atoms with E-state index in [4.69, 9.17) is 4.74 Å². The van der Waals surface area contributed by atoms with Crippen LogP contribution in [0.15, 0.2) is 48.5 Å². The van der Waals surface area contributed by atoms with Crippen LogP contribution in [0.3, 0.4) is 0 Å². The molecule has 0 aliphatic heterocycles. The number of para-hydroxylation sites is 2. The summed E-state index contributed by atoms with van der Waals surface area (Å²) < 4.78 is 5.72. The van der Waals surface area contributed by atoms with Crippen molar-refractivity contribution in [3.05, 3.63) is 54.1 Å². The van der Waals surface area contributed by atoms with Gasteiger partial charge in [-0.05, 0) is 43.3 Å². The van der Waals surface area contributed by atoms with Gasteiger partial charge in [-0.25, -0.2) is 0 Å². The zero-order valence-corrected chi connectivity index (χ0v) is 11.3. The van der Waals surface area contributed by atoms with Gasteiger partial charge in [0.25, 0.3) is 0 Å². The molecule has 4 nitrogen and oxygen atoms in total. The van der Waals surface area contributed by atoms with Gasteiger partial charge in [-0.3, -0.25) is 9.59 Å². The smallest absolute Gasteiger partial charge is 0.221 e. The highest BCUT2D eigenvalue weighted by molar-refractivity contribution is 5.94. The number of benzene rings is 2. The number of ether oxygens (including phenoxy) is 1. The number of nitrogens with one attached hydrogen (secondary N) is 1. The molecule has 0 fully saturated rings. The second-order valence-corrected chi connectivity index (χ2v) is 4.36. The van der Waals surface area contributed by atoms with Gasteiger partial charge in [0.05, 0.1) is 5.69 Å². The Morgan fingerprint density at radius 2 is 1.60 bits per heavy atom. The summed E-state index contributed by atoms with van der Waals surface area (Å²) in [5, 5.41) is 2.71. The average Bonchev–Trinajstić information content (AvgIpc) is 2.41. The average molecular weight is 269 g/mol. The highest BCUT2D eigenvalue weighted by atomic mass is 16.5. The number of Topliss-reactive ketones (excluding diaryl/α,β-unsaturated/α-hetero) is 1. The quantitative estimate of drug-likeness (QED) is 0.862. The molecule has 2 rings (SSSR count). The molecule has 0 radical (unpaired) electrons. The zero-order valence-electron chi connectivity index (χ0n) is 11.3. The molecule has 0 aliphatic carbocycles. The van der Waals surface area contributed by atoms with Gasteiger partial charge in [-0.1, -0.05) is 12.1 Å². The van der Waals surface area contributed by atoms with Gasteiger partial charge in [-0.2, -0.15) is 0 Å². The van der Waals surface area contributed by atoms with Crippen molar-refractivity contribution in [1.29, 1.82) is 0 Å². The van der Waals surface area contributed by atoms with Crippen LogP contribution in [0.5, 0.6) is 11.5 Å². The first-order valence-corrected chi connectivity index (χ1v) is 6.22. The lowest BCUT2D eigenvalue weighted by Crippen LogP contribution is -2.06. The summed E-state index contributed by atoms with van der Waals surface area (Å²) in [6, 6.07) is 14.0. The third kappa shape index (κ3) is 3.45.